The van der Waals surface area contributed by atoms with Crippen LogP contribution in [0.5, 0.6) is 23.0 Å². The summed E-state index contributed by atoms with van der Waals surface area (Å²) in [5, 5.41) is 0. The monoisotopic (exact) mass is 330 g/mol. The van der Waals surface area contributed by atoms with E-state index in [2.05, 4.69) is 0 Å². The molecule has 0 saturated heterocycles. The minimum Gasteiger partial charge on any atom is -0.493 e. The van der Waals surface area contributed by atoms with Gasteiger partial charge in [0.25, 0.3) is 0 Å². The van der Waals surface area contributed by atoms with Crippen LogP contribution < -0.4 is 18.9 Å². The normalized spacial score (nSPS) is 10.2. The summed E-state index contributed by atoms with van der Waals surface area (Å²) >= 11 is 0. The van der Waals surface area contributed by atoms with Gasteiger partial charge in [-0.3, -0.25) is 0 Å². The molecule has 0 aliphatic carbocycles. The van der Waals surface area contributed by atoms with Crippen molar-refractivity contribution in [1.29, 1.82) is 0 Å². The van der Waals surface area contributed by atoms with Crippen LogP contribution in [0.3, 0.4) is 0 Å². The predicted molar refractivity (Wildman–Crippen MR) is 91.7 cm³/mol. The summed E-state index contributed by atoms with van der Waals surface area (Å²) in [6.07, 6.45) is 0. The molecule has 0 spiro atoms. The fourth-order valence-electron chi connectivity index (χ4n) is 2.68. The van der Waals surface area contributed by atoms with Crippen molar-refractivity contribution in [3.05, 3.63) is 46.5 Å². The maximum Gasteiger partial charge on any atom is 0.343 e. The first-order valence-electron chi connectivity index (χ1n) is 7.51. The van der Waals surface area contributed by atoms with Crippen LogP contribution in [0, 0.1) is 20.8 Å². The number of carbonyl (C=O) groups excluding carboxylic acids is 1. The number of rotatable bonds is 5. The summed E-state index contributed by atoms with van der Waals surface area (Å²) in [6, 6.07) is 7.10. The number of hydrogen-bond acceptors (Lipinski definition) is 5. The predicted octanol–water partition coefficient (Wildman–Crippen LogP) is 3.86. The number of hydrogen-bond donors (Lipinski definition) is 0. The molecule has 128 valence electrons. The Balaban J connectivity index is 2.40. The third-order valence-corrected chi connectivity index (χ3v) is 3.70. The van der Waals surface area contributed by atoms with Crippen molar-refractivity contribution in [2.45, 2.75) is 20.8 Å². The molecule has 24 heavy (non-hydrogen) atoms. The van der Waals surface area contributed by atoms with Gasteiger partial charge in [0.05, 0.1) is 26.9 Å². The van der Waals surface area contributed by atoms with Gasteiger partial charge in [-0.25, -0.2) is 4.79 Å². The lowest BCUT2D eigenvalue weighted by molar-refractivity contribution is 0.0731. The maximum atomic E-state index is 12.6. The summed E-state index contributed by atoms with van der Waals surface area (Å²) < 4.78 is 21.4. The van der Waals surface area contributed by atoms with Gasteiger partial charge in [0.15, 0.2) is 11.5 Å². The highest BCUT2D eigenvalue weighted by atomic mass is 16.5. The molecule has 0 aliphatic heterocycles. The average molecular weight is 330 g/mol. The van der Waals surface area contributed by atoms with E-state index < -0.39 is 5.97 Å². The van der Waals surface area contributed by atoms with Gasteiger partial charge in [0.1, 0.15) is 5.75 Å². The molecule has 0 heterocycles. The summed E-state index contributed by atoms with van der Waals surface area (Å²) in [7, 11) is 4.51. The molecule has 0 unspecified atom stereocenters. The molecule has 0 aliphatic rings. The molecule has 0 fully saturated rings. The van der Waals surface area contributed by atoms with Crippen LogP contribution in [-0.4, -0.2) is 27.3 Å². The Morgan fingerprint density at radius 1 is 0.750 bits per heavy atom. The van der Waals surface area contributed by atoms with Crippen LogP contribution >= 0.6 is 0 Å². The van der Waals surface area contributed by atoms with Gasteiger partial charge in [0, 0.05) is 0 Å². The maximum absolute atomic E-state index is 12.6. The van der Waals surface area contributed by atoms with E-state index in [9.17, 15) is 4.79 Å². The van der Waals surface area contributed by atoms with E-state index in [1.165, 1.54) is 21.3 Å². The third-order valence-electron chi connectivity index (χ3n) is 3.70. The Hall–Kier alpha value is -2.69. The van der Waals surface area contributed by atoms with E-state index in [1.54, 1.807) is 12.1 Å². The Kier molecular flexibility index (Phi) is 5.34. The molecule has 0 saturated carbocycles. The topological polar surface area (TPSA) is 54.0 Å². The fraction of sp³-hybridized carbons (Fsp3) is 0.316. The summed E-state index contributed by atoms with van der Waals surface area (Å²) in [5.74, 6) is 1.32. The minimum absolute atomic E-state index is 0.323. The fourth-order valence-corrected chi connectivity index (χ4v) is 2.68. The lowest BCUT2D eigenvalue weighted by atomic mass is 10.1. The quantitative estimate of drug-likeness (QED) is 0.615. The molecule has 5 nitrogen and oxygen atoms in total. The van der Waals surface area contributed by atoms with E-state index in [4.69, 9.17) is 18.9 Å². The van der Waals surface area contributed by atoms with Gasteiger partial charge in [-0.1, -0.05) is 17.7 Å². The molecule has 2 aromatic rings. The zero-order valence-corrected chi connectivity index (χ0v) is 14.9. The van der Waals surface area contributed by atoms with Crippen molar-refractivity contribution in [3.8, 4) is 23.0 Å². The molecule has 0 bridgehead atoms. The molecular weight excluding hydrogens is 308 g/mol. The largest absolute Gasteiger partial charge is 0.493 e. The van der Waals surface area contributed by atoms with Gasteiger partial charge < -0.3 is 18.9 Å². The van der Waals surface area contributed by atoms with Gasteiger partial charge in [-0.2, -0.15) is 0 Å². The van der Waals surface area contributed by atoms with Crippen LogP contribution in [0.2, 0.25) is 0 Å². The van der Waals surface area contributed by atoms with Crippen molar-refractivity contribution >= 4 is 5.97 Å². The molecule has 2 aromatic carbocycles. The summed E-state index contributed by atoms with van der Waals surface area (Å²) in [4.78, 5) is 12.6. The zero-order chi connectivity index (χ0) is 17.9. The lowest BCUT2D eigenvalue weighted by Gasteiger charge is -2.15. The van der Waals surface area contributed by atoms with Crippen molar-refractivity contribution in [3.63, 3.8) is 0 Å². The van der Waals surface area contributed by atoms with E-state index in [0.717, 1.165) is 16.7 Å². The highest BCUT2D eigenvalue weighted by Crippen LogP contribution is 2.38. The number of aryl methyl sites for hydroxylation is 3. The van der Waals surface area contributed by atoms with Gasteiger partial charge in [0.2, 0.25) is 5.75 Å². The van der Waals surface area contributed by atoms with Crippen molar-refractivity contribution < 1.29 is 23.7 Å². The van der Waals surface area contributed by atoms with Crippen LogP contribution in [0.25, 0.3) is 0 Å². The van der Waals surface area contributed by atoms with E-state index in [-0.39, 0.29) is 0 Å². The second-order valence-electron chi connectivity index (χ2n) is 5.53. The Labute approximate surface area is 142 Å². The van der Waals surface area contributed by atoms with E-state index >= 15 is 0 Å². The number of methoxy groups -OCH3 is 3. The molecule has 0 amide bonds. The molecule has 0 N–H and O–H groups in total. The standard InChI is InChI=1S/C19H22O5/c1-11-7-12(2)17(13(3)8-11)24-19(20)14-9-15(21-4)18(23-6)16(10-14)22-5/h7-10H,1-6H3. The van der Waals surface area contributed by atoms with Crippen molar-refractivity contribution in [2.24, 2.45) is 0 Å². The first-order chi connectivity index (χ1) is 11.4. The number of esters is 1. The molecule has 5 heteroatoms. The second kappa shape index (κ2) is 7.25. The summed E-state index contributed by atoms with van der Waals surface area (Å²) in [5.41, 5.74) is 3.27. The SMILES string of the molecule is COc1cc(C(=O)Oc2c(C)cc(C)cc2C)cc(OC)c1OC. The Bertz CT molecular complexity index is 716. The van der Waals surface area contributed by atoms with Crippen LogP contribution in [0.1, 0.15) is 27.0 Å². The van der Waals surface area contributed by atoms with Gasteiger partial charge in [-0.15, -0.1) is 0 Å². The van der Waals surface area contributed by atoms with Gasteiger partial charge in [-0.05, 0) is 44.0 Å². The minimum atomic E-state index is -0.482. The molecule has 0 radical (unpaired) electrons. The van der Waals surface area contributed by atoms with Crippen LogP contribution in [0.15, 0.2) is 24.3 Å². The average Bonchev–Trinajstić information content (AvgIpc) is 2.56. The molecule has 0 atom stereocenters. The Morgan fingerprint density at radius 2 is 1.25 bits per heavy atom. The first-order valence-corrected chi connectivity index (χ1v) is 7.51. The van der Waals surface area contributed by atoms with E-state index in [1.807, 2.05) is 32.9 Å². The van der Waals surface area contributed by atoms with Gasteiger partial charge >= 0.3 is 5.97 Å². The molecular formula is C19H22O5. The number of ether oxygens (including phenoxy) is 4. The Morgan fingerprint density at radius 3 is 1.67 bits per heavy atom. The molecule has 0 aromatic heterocycles. The highest BCUT2D eigenvalue weighted by Gasteiger charge is 2.19. The summed E-state index contributed by atoms with van der Waals surface area (Å²) in [6.45, 7) is 5.83. The first kappa shape index (κ1) is 17.7. The number of carbonyl (C=O) groups is 1. The highest BCUT2D eigenvalue weighted by molar-refractivity contribution is 5.93. The van der Waals surface area contributed by atoms with Crippen molar-refractivity contribution in [2.75, 3.05) is 21.3 Å². The third kappa shape index (κ3) is 3.45. The molecule has 2 rings (SSSR count). The van der Waals surface area contributed by atoms with Crippen molar-refractivity contribution in [1.82, 2.24) is 0 Å². The smallest absolute Gasteiger partial charge is 0.343 e. The lowest BCUT2D eigenvalue weighted by Crippen LogP contribution is -2.11. The zero-order valence-electron chi connectivity index (χ0n) is 14.9. The second-order valence-corrected chi connectivity index (χ2v) is 5.53. The van der Waals surface area contributed by atoms with Crippen LogP contribution in [-0.2, 0) is 0 Å². The van der Waals surface area contributed by atoms with Crippen LogP contribution in [0.4, 0.5) is 0 Å². The number of benzene rings is 2. The van der Waals surface area contributed by atoms with E-state index in [0.29, 0.717) is 28.6 Å².